The van der Waals surface area contributed by atoms with Gasteiger partial charge in [0.1, 0.15) is 30.0 Å². The van der Waals surface area contributed by atoms with Crippen molar-refractivity contribution in [3.05, 3.63) is 29.8 Å². The van der Waals surface area contributed by atoms with Crippen LogP contribution in [-0.2, 0) is 35.2 Å². The summed E-state index contributed by atoms with van der Waals surface area (Å²) >= 11 is 0. The maximum Gasteiger partial charge on any atom is 0.316 e. The molecule has 3 amide bonds. The van der Waals surface area contributed by atoms with Gasteiger partial charge in [-0.15, -0.1) is 0 Å². The highest BCUT2D eigenvalue weighted by molar-refractivity contribution is 6.06. The Morgan fingerprint density at radius 2 is 1.74 bits per heavy atom. The van der Waals surface area contributed by atoms with Gasteiger partial charge in [-0.1, -0.05) is 26.0 Å². The molecule has 6 atom stereocenters. The predicted octanol–water partition coefficient (Wildman–Crippen LogP) is -1.66. The van der Waals surface area contributed by atoms with Crippen LogP contribution in [0.4, 0.5) is 0 Å². The van der Waals surface area contributed by atoms with Gasteiger partial charge in [0, 0.05) is 19.9 Å². The standard InChI is InChI=1S/C25H34N4O9/c1-12(2)21(28-23(35)17(26)8-14-4-6-15(32)7-5-14)24(36)29-10-16(33)9-19(29)22(34)20(25(37)38)18(11-30)27-13(3)31/h4-7,11-12,16-21,32-33H,8-10,26H2,1-3H3,(H,27,31)(H,28,35)(H,37,38)/t16?,17-,18?,19-,20?,21-/m0/s1. The number of aliphatic hydroxyl groups is 1. The SMILES string of the molecule is CC(=O)NC(C=O)C(C(=O)O)C(=O)[C@@H]1CC(O)CN1C(=O)[C@@H](NC(=O)[C@@H](N)Cc1ccc(O)cc1)C(C)C. The number of carbonyl (C=O) groups is 6. The third-order valence-corrected chi connectivity index (χ3v) is 6.30. The second-order valence-corrected chi connectivity index (χ2v) is 9.68. The first-order chi connectivity index (χ1) is 17.8. The number of rotatable bonds is 12. The molecule has 2 rings (SSSR count). The second kappa shape index (κ2) is 13.1. The van der Waals surface area contributed by atoms with E-state index < -0.39 is 71.6 Å². The number of phenols is 1. The fourth-order valence-corrected chi connectivity index (χ4v) is 4.35. The summed E-state index contributed by atoms with van der Waals surface area (Å²) in [5, 5.41) is 34.0. The number of carboxylic acids is 1. The monoisotopic (exact) mass is 534 g/mol. The molecule has 3 unspecified atom stereocenters. The highest BCUT2D eigenvalue weighted by atomic mass is 16.4. The van der Waals surface area contributed by atoms with E-state index in [9.17, 15) is 44.1 Å². The summed E-state index contributed by atoms with van der Waals surface area (Å²) in [6, 6.07) is 0.809. The maximum absolute atomic E-state index is 13.5. The fourth-order valence-electron chi connectivity index (χ4n) is 4.35. The summed E-state index contributed by atoms with van der Waals surface area (Å²) in [5.74, 6) is -7.24. The van der Waals surface area contributed by atoms with Gasteiger partial charge in [0.2, 0.25) is 17.7 Å². The largest absolute Gasteiger partial charge is 0.508 e. The number of aldehydes is 1. The van der Waals surface area contributed by atoms with Gasteiger partial charge in [-0.2, -0.15) is 0 Å². The van der Waals surface area contributed by atoms with Crippen molar-refractivity contribution in [3.63, 3.8) is 0 Å². The van der Waals surface area contributed by atoms with E-state index in [1.54, 1.807) is 26.0 Å². The number of ketones is 1. The van der Waals surface area contributed by atoms with Crippen molar-refractivity contribution in [1.29, 1.82) is 0 Å². The van der Waals surface area contributed by atoms with Crippen LogP contribution in [0.1, 0.15) is 32.8 Å². The number of amides is 3. The van der Waals surface area contributed by atoms with Gasteiger partial charge in [0.15, 0.2) is 5.78 Å². The lowest BCUT2D eigenvalue weighted by Gasteiger charge is -2.32. The molecule has 208 valence electrons. The molecule has 1 heterocycles. The quantitative estimate of drug-likeness (QED) is 0.132. The van der Waals surface area contributed by atoms with Crippen LogP contribution < -0.4 is 16.4 Å². The molecule has 0 aliphatic carbocycles. The Balaban J connectivity index is 2.24. The van der Waals surface area contributed by atoms with Crippen molar-refractivity contribution in [2.75, 3.05) is 6.54 Å². The van der Waals surface area contributed by atoms with Crippen LogP contribution in [0.5, 0.6) is 5.75 Å². The summed E-state index contributed by atoms with van der Waals surface area (Å²) in [7, 11) is 0. The van der Waals surface area contributed by atoms with E-state index in [-0.39, 0.29) is 31.4 Å². The van der Waals surface area contributed by atoms with E-state index in [4.69, 9.17) is 5.73 Å². The molecule has 0 aromatic heterocycles. The number of nitrogens with two attached hydrogens (primary N) is 1. The Bertz CT molecular complexity index is 1060. The van der Waals surface area contributed by atoms with Gasteiger partial charge in [-0.05, 0) is 30.0 Å². The smallest absolute Gasteiger partial charge is 0.316 e. The van der Waals surface area contributed by atoms with Crippen molar-refractivity contribution in [2.45, 2.75) is 63.9 Å². The molecule has 1 aliphatic rings. The number of aliphatic hydroxyl groups excluding tert-OH is 1. The maximum atomic E-state index is 13.5. The second-order valence-electron chi connectivity index (χ2n) is 9.68. The van der Waals surface area contributed by atoms with Crippen LogP contribution in [0.15, 0.2) is 24.3 Å². The molecule has 7 N–H and O–H groups in total. The van der Waals surface area contributed by atoms with Crippen LogP contribution >= 0.6 is 0 Å². The van der Waals surface area contributed by atoms with E-state index in [0.29, 0.717) is 5.56 Å². The number of phenolic OH excluding ortho intramolecular Hbond substituents is 1. The number of β-amino-alcohol motifs (C(OH)–C–C–N with tert-alkyl or cyclic N) is 1. The third-order valence-electron chi connectivity index (χ3n) is 6.30. The average molecular weight is 535 g/mol. The van der Waals surface area contributed by atoms with Crippen molar-refractivity contribution >= 4 is 35.8 Å². The number of Topliss-reactive ketones (excluding diaryl/α,β-unsaturated/α-hetero) is 1. The molecule has 13 heteroatoms. The number of hydrogen-bond donors (Lipinski definition) is 6. The number of aliphatic carboxylic acids is 1. The van der Waals surface area contributed by atoms with Crippen LogP contribution in [0.2, 0.25) is 0 Å². The number of likely N-dealkylation sites (tertiary alicyclic amines) is 1. The van der Waals surface area contributed by atoms with Crippen molar-refractivity contribution in [3.8, 4) is 5.75 Å². The summed E-state index contributed by atoms with van der Waals surface area (Å²) in [6.07, 6.45) is -1.19. The van der Waals surface area contributed by atoms with Crippen molar-refractivity contribution < 1.29 is 44.1 Å². The van der Waals surface area contributed by atoms with Gasteiger partial charge < -0.3 is 41.4 Å². The van der Waals surface area contributed by atoms with Crippen molar-refractivity contribution in [2.24, 2.45) is 17.6 Å². The molecule has 38 heavy (non-hydrogen) atoms. The zero-order chi connectivity index (χ0) is 28.7. The summed E-state index contributed by atoms with van der Waals surface area (Å²) in [6.45, 7) is 4.05. The third kappa shape index (κ3) is 7.59. The number of hydrogen-bond acceptors (Lipinski definition) is 9. The Morgan fingerprint density at radius 1 is 1.13 bits per heavy atom. The highest BCUT2D eigenvalue weighted by Crippen LogP contribution is 2.25. The van der Waals surface area contributed by atoms with Crippen molar-refractivity contribution in [1.82, 2.24) is 15.5 Å². The Labute approximate surface area is 219 Å². The molecule has 0 bridgehead atoms. The first kappa shape index (κ1) is 30.4. The summed E-state index contributed by atoms with van der Waals surface area (Å²) in [4.78, 5) is 75.4. The number of aromatic hydroxyl groups is 1. The number of nitrogens with one attached hydrogen (secondary N) is 2. The summed E-state index contributed by atoms with van der Waals surface area (Å²) < 4.78 is 0. The summed E-state index contributed by atoms with van der Waals surface area (Å²) in [5.41, 5.74) is 6.70. The molecule has 1 fully saturated rings. The number of carboxylic acid groups (broad SMARTS) is 1. The predicted molar refractivity (Wildman–Crippen MR) is 132 cm³/mol. The minimum atomic E-state index is -1.99. The first-order valence-electron chi connectivity index (χ1n) is 12.1. The lowest BCUT2D eigenvalue weighted by molar-refractivity contribution is -0.152. The Hall–Kier alpha value is -3.84. The lowest BCUT2D eigenvalue weighted by Crippen LogP contribution is -2.58. The molecule has 13 nitrogen and oxygen atoms in total. The number of carbonyl (C=O) groups excluding carboxylic acids is 5. The van der Waals surface area contributed by atoms with Gasteiger partial charge >= 0.3 is 5.97 Å². The zero-order valence-electron chi connectivity index (χ0n) is 21.4. The molecular formula is C25H34N4O9. The fraction of sp³-hybridized carbons (Fsp3) is 0.520. The molecule has 0 radical (unpaired) electrons. The van der Waals surface area contributed by atoms with Crippen LogP contribution in [0.25, 0.3) is 0 Å². The van der Waals surface area contributed by atoms with Crippen LogP contribution in [0, 0.1) is 11.8 Å². The Kier molecular flexibility index (Phi) is 10.5. The molecular weight excluding hydrogens is 500 g/mol. The topological polar surface area (TPSA) is 216 Å². The number of benzene rings is 1. The molecule has 1 aromatic carbocycles. The van der Waals surface area contributed by atoms with E-state index in [1.807, 2.05) is 0 Å². The molecule has 1 saturated heterocycles. The average Bonchev–Trinajstić information content (AvgIpc) is 3.23. The zero-order valence-corrected chi connectivity index (χ0v) is 21.4. The van der Waals surface area contributed by atoms with Crippen LogP contribution in [0.3, 0.4) is 0 Å². The lowest BCUT2D eigenvalue weighted by atomic mass is 9.89. The normalized spacial score (nSPS) is 20.2. The van der Waals surface area contributed by atoms with E-state index in [0.717, 1.165) is 11.8 Å². The molecule has 0 spiro atoms. The minimum Gasteiger partial charge on any atom is -0.508 e. The minimum absolute atomic E-state index is 0.0517. The van der Waals surface area contributed by atoms with E-state index in [1.165, 1.54) is 12.1 Å². The number of nitrogens with zero attached hydrogens (tertiary/aromatic N) is 1. The van der Waals surface area contributed by atoms with Crippen LogP contribution in [-0.4, -0.2) is 92.8 Å². The van der Waals surface area contributed by atoms with Gasteiger partial charge in [-0.25, -0.2) is 0 Å². The van der Waals surface area contributed by atoms with Gasteiger partial charge in [0.05, 0.1) is 18.2 Å². The first-order valence-corrected chi connectivity index (χ1v) is 12.1. The molecule has 1 aromatic rings. The molecule has 1 aliphatic heterocycles. The van der Waals surface area contributed by atoms with E-state index in [2.05, 4.69) is 10.6 Å². The van der Waals surface area contributed by atoms with Gasteiger partial charge in [0.25, 0.3) is 0 Å². The van der Waals surface area contributed by atoms with E-state index >= 15 is 0 Å². The van der Waals surface area contributed by atoms with Gasteiger partial charge in [-0.3, -0.25) is 24.0 Å². The Morgan fingerprint density at radius 3 is 2.24 bits per heavy atom. The molecule has 0 saturated carbocycles. The highest BCUT2D eigenvalue weighted by Gasteiger charge is 2.47.